The SMILES string of the molecule is COc1ccc(/C=C2\NC(=S)N(C[C@H]3CCCO3)C2=O)cc1Cn1ccc([N+](=O)[O-])n1. The van der Waals surface area contributed by atoms with Crippen LogP contribution in [0, 0.1) is 10.1 Å². The van der Waals surface area contributed by atoms with Crippen molar-refractivity contribution < 1.29 is 19.2 Å². The van der Waals surface area contributed by atoms with E-state index in [4.69, 9.17) is 21.7 Å². The molecule has 1 amide bonds. The zero-order chi connectivity index (χ0) is 22.0. The predicted octanol–water partition coefficient (Wildman–Crippen LogP) is 2.08. The van der Waals surface area contributed by atoms with Crippen molar-refractivity contribution in [3.63, 3.8) is 0 Å². The van der Waals surface area contributed by atoms with Crippen molar-refractivity contribution in [2.45, 2.75) is 25.5 Å². The molecular weight excluding hydrogens is 422 g/mol. The molecule has 2 fully saturated rings. The van der Waals surface area contributed by atoms with Gasteiger partial charge in [0.1, 0.15) is 11.4 Å². The maximum Gasteiger partial charge on any atom is 0.389 e. The van der Waals surface area contributed by atoms with E-state index in [0.29, 0.717) is 29.7 Å². The van der Waals surface area contributed by atoms with Gasteiger partial charge in [0.05, 0.1) is 43.7 Å². The lowest BCUT2D eigenvalue weighted by Gasteiger charge is -2.18. The number of nitro groups is 1. The third-order valence-corrected chi connectivity index (χ3v) is 5.46. The summed E-state index contributed by atoms with van der Waals surface area (Å²) in [6, 6.07) is 6.78. The molecule has 2 saturated heterocycles. The Labute approximate surface area is 183 Å². The molecule has 11 heteroatoms. The number of nitrogens with one attached hydrogen (secondary N) is 1. The summed E-state index contributed by atoms with van der Waals surface area (Å²) in [6.07, 6.45) is 5.17. The van der Waals surface area contributed by atoms with Gasteiger partial charge in [-0.1, -0.05) is 6.07 Å². The number of rotatable bonds is 7. The Morgan fingerprint density at radius 1 is 1.45 bits per heavy atom. The fourth-order valence-corrected chi connectivity index (χ4v) is 3.89. The highest BCUT2D eigenvalue weighted by atomic mass is 32.1. The molecule has 10 nitrogen and oxygen atoms in total. The number of benzene rings is 1. The van der Waals surface area contributed by atoms with Crippen molar-refractivity contribution in [3.05, 3.63) is 57.4 Å². The summed E-state index contributed by atoms with van der Waals surface area (Å²) in [5, 5.41) is 18.1. The van der Waals surface area contributed by atoms with Gasteiger partial charge in [0, 0.05) is 12.2 Å². The minimum atomic E-state index is -0.544. The van der Waals surface area contributed by atoms with Crippen molar-refractivity contribution >= 4 is 35.1 Å². The third-order valence-electron chi connectivity index (χ3n) is 5.13. The smallest absolute Gasteiger partial charge is 0.389 e. The molecule has 2 aromatic rings. The molecule has 0 spiro atoms. The number of hydrogen-bond donors (Lipinski definition) is 1. The van der Waals surface area contributed by atoms with Gasteiger partial charge >= 0.3 is 5.82 Å². The molecule has 1 N–H and O–H groups in total. The Hall–Kier alpha value is -3.31. The Morgan fingerprint density at radius 3 is 2.97 bits per heavy atom. The van der Waals surface area contributed by atoms with Crippen LogP contribution in [0.1, 0.15) is 24.0 Å². The van der Waals surface area contributed by atoms with Gasteiger partial charge < -0.3 is 24.9 Å². The number of methoxy groups -OCH3 is 1. The van der Waals surface area contributed by atoms with Crippen LogP contribution < -0.4 is 10.1 Å². The molecule has 0 saturated carbocycles. The van der Waals surface area contributed by atoms with Crippen molar-refractivity contribution in [1.82, 2.24) is 20.0 Å². The molecule has 31 heavy (non-hydrogen) atoms. The zero-order valence-corrected chi connectivity index (χ0v) is 17.6. The van der Waals surface area contributed by atoms with E-state index in [9.17, 15) is 14.9 Å². The minimum Gasteiger partial charge on any atom is -0.496 e. The van der Waals surface area contributed by atoms with E-state index < -0.39 is 4.92 Å². The highest BCUT2D eigenvalue weighted by Crippen LogP contribution is 2.24. The molecule has 1 aromatic heterocycles. The maximum atomic E-state index is 12.8. The molecule has 162 valence electrons. The van der Waals surface area contributed by atoms with E-state index in [2.05, 4.69) is 10.4 Å². The molecule has 4 rings (SSSR count). The number of carbonyl (C=O) groups excluding carboxylic acids is 1. The minimum absolute atomic E-state index is 0.00812. The Bertz CT molecular complexity index is 1060. The fourth-order valence-electron chi connectivity index (χ4n) is 3.62. The second-order valence-corrected chi connectivity index (χ2v) is 7.63. The second-order valence-electron chi connectivity index (χ2n) is 7.24. The summed E-state index contributed by atoms with van der Waals surface area (Å²) in [7, 11) is 1.55. The molecule has 2 aliphatic rings. The number of amides is 1. The number of nitrogens with zero attached hydrogens (tertiary/aromatic N) is 4. The van der Waals surface area contributed by atoms with Crippen LogP contribution in [-0.2, 0) is 16.1 Å². The lowest BCUT2D eigenvalue weighted by molar-refractivity contribution is -0.389. The Balaban J connectivity index is 1.54. The van der Waals surface area contributed by atoms with Gasteiger partial charge in [0.25, 0.3) is 5.91 Å². The summed E-state index contributed by atoms with van der Waals surface area (Å²) in [4.78, 5) is 24.7. The monoisotopic (exact) mass is 443 g/mol. The lowest BCUT2D eigenvalue weighted by Crippen LogP contribution is -2.37. The van der Waals surface area contributed by atoms with Crippen molar-refractivity contribution in [2.75, 3.05) is 20.3 Å². The highest BCUT2D eigenvalue weighted by molar-refractivity contribution is 7.80. The average Bonchev–Trinajstić information content (AvgIpc) is 3.47. The number of aromatic nitrogens is 2. The molecule has 2 aliphatic heterocycles. The maximum absolute atomic E-state index is 12.8. The first-order chi connectivity index (χ1) is 14.9. The topological polar surface area (TPSA) is 112 Å². The van der Waals surface area contributed by atoms with Crippen LogP contribution in [0.25, 0.3) is 6.08 Å². The van der Waals surface area contributed by atoms with Crippen molar-refractivity contribution in [1.29, 1.82) is 0 Å². The molecule has 0 aliphatic carbocycles. The molecule has 1 atom stereocenters. The summed E-state index contributed by atoms with van der Waals surface area (Å²) < 4.78 is 12.5. The molecule has 0 radical (unpaired) electrons. The summed E-state index contributed by atoms with van der Waals surface area (Å²) in [6.45, 7) is 1.43. The van der Waals surface area contributed by atoms with Crippen molar-refractivity contribution in [2.24, 2.45) is 0 Å². The zero-order valence-electron chi connectivity index (χ0n) is 16.8. The van der Waals surface area contributed by atoms with Crippen LogP contribution in [0.15, 0.2) is 36.2 Å². The largest absolute Gasteiger partial charge is 0.496 e. The molecule has 0 unspecified atom stereocenters. The Morgan fingerprint density at radius 2 is 2.29 bits per heavy atom. The third kappa shape index (κ3) is 4.57. The van der Waals surface area contributed by atoms with E-state index >= 15 is 0 Å². The van der Waals surface area contributed by atoms with Crippen LogP contribution in [0.3, 0.4) is 0 Å². The lowest BCUT2D eigenvalue weighted by atomic mass is 10.1. The molecule has 3 heterocycles. The van der Waals surface area contributed by atoms with Crippen LogP contribution in [-0.4, -0.2) is 57.0 Å². The summed E-state index contributed by atoms with van der Waals surface area (Å²) in [5.74, 6) is 0.194. The second kappa shape index (κ2) is 8.82. The molecule has 1 aromatic carbocycles. The normalized spacial score (nSPS) is 19.8. The number of carbonyl (C=O) groups is 1. The van der Waals surface area contributed by atoms with Gasteiger partial charge in [-0.2, -0.15) is 4.68 Å². The van der Waals surface area contributed by atoms with E-state index in [0.717, 1.165) is 24.0 Å². The molecule has 0 bridgehead atoms. The average molecular weight is 443 g/mol. The predicted molar refractivity (Wildman–Crippen MR) is 115 cm³/mol. The van der Waals surface area contributed by atoms with E-state index in [1.165, 1.54) is 21.8 Å². The quantitative estimate of drug-likeness (QED) is 0.300. The van der Waals surface area contributed by atoms with Crippen LogP contribution in [0.4, 0.5) is 5.82 Å². The highest BCUT2D eigenvalue weighted by Gasteiger charge is 2.33. The molecular formula is C20H21N5O5S. The van der Waals surface area contributed by atoms with Crippen LogP contribution >= 0.6 is 12.2 Å². The van der Waals surface area contributed by atoms with Gasteiger partial charge in [-0.15, -0.1) is 0 Å². The first-order valence-electron chi connectivity index (χ1n) is 9.75. The number of hydrogen-bond acceptors (Lipinski definition) is 7. The summed E-state index contributed by atoms with van der Waals surface area (Å²) in [5.41, 5.74) is 1.91. The van der Waals surface area contributed by atoms with Crippen molar-refractivity contribution in [3.8, 4) is 5.75 Å². The van der Waals surface area contributed by atoms with E-state index in [-0.39, 0.29) is 24.4 Å². The summed E-state index contributed by atoms with van der Waals surface area (Å²) >= 11 is 5.33. The standard InChI is InChI=1S/C20H21N5O5S/c1-29-17-5-4-13(9-14(17)11-23-7-6-18(22-23)25(27)28)10-16-19(26)24(20(31)21-16)12-15-3-2-8-30-15/h4-7,9-10,15H,2-3,8,11-12H2,1H3,(H,21,31)/b16-10-/t15-/m1/s1. The van der Waals surface area contributed by atoms with Gasteiger partial charge in [-0.3, -0.25) is 9.69 Å². The van der Waals surface area contributed by atoms with Gasteiger partial charge in [-0.05, 0) is 53.8 Å². The van der Waals surface area contributed by atoms with E-state index in [1.807, 2.05) is 12.1 Å². The van der Waals surface area contributed by atoms with Gasteiger partial charge in [0.15, 0.2) is 5.11 Å². The number of thiocarbonyl (C=S) groups is 1. The fraction of sp³-hybridized carbons (Fsp3) is 0.350. The van der Waals surface area contributed by atoms with Gasteiger partial charge in [0.2, 0.25) is 0 Å². The Kier molecular flexibility index (Phi) is 5.96. The van der Waals surface area contributed by atoms with E-state index in [1.54, 1.807) is 19.3 Å². The van der Waals surface area contributed by atoms with Crippen LogP contribution in [0.5, 0.6) is 5.75 Å². The first-order valence-corrected chi connectivity index (χ1v) is 10.2. The van der Waals surface area contributed by atoms with Crippen LogP contribution in [0.2, 0.25) is 0 Å². The number of ether oxygens (including phenoxy) is 2. The first kappa shape index (κ1) is 20.9. The van der Waals surface area contributed by atoms with Gasteiger partial charge in [-0.25, -0.2) is 0 Å².